The smallest absolute Gasteiger partial charge is 0.261 e. The van der Waals surface area contributed by atoms with Crippen LogP contribution in [0.5, 0.6) is 11.5 Å². The standard InChI is InChI=1S/C25H34N2O4/c1-6-15-26-25(29)22(7-2)27(16-20-11-13-21(30-5)14-12-20)24(28)17-31-23-10-8-9-18(3)19(23)4/h8-14,22H,6-7,15-17H2,1-5H3,(H,26,29)/t22-/m1/s1. The molecule has 0 unspecified atom stereocenters. The Balaban J connectivity index is 2.22. The van der Waals surface area contributed by atoms with Crippen LogP contribution in [0.2, 0.25) is 0 Å². The number of methoxy groups -OCH3 is 1. The number of nitrogens with one attached hydrogen (secondary N) is 1. The molecule has 0 heterocycles. The number of benzene rings is 2. The Hall–Kier alpha value is -3.02. The van der Waals surface area contributed by atoms with Gasteiger partial charge in [0.2, 0.25) is 5.91 Å². The minimum absolute atomic E-state index is 0.127. The molecule has 0 aromatic heterocycles. The highest BCUT2D eigenvalue weighted by atomic mass is 16.5. The van der Waals surface area contributed by atoms with Crippen LogP contribution in [0.25, 0.3) is 0 Å². The van der Waals surface area contributed by atoms with Gasteiger partial charge in [0.15, 0.2) is 6.61 Å². The molecule has 0 bridgehead atoms. The van der Waals surface area contributed by atoms with Crippen LogP contribution in [0, 0.1) is 13.8 Å². The molecule has 0 aliphatic rings. The average molecular weight is 427 g/mol. The van der Waals surface area contributed by atoms with E-state index in [0.717, 1.165) is 28.9 Å². The van der Waals surface area contributed by atoms with E-state index in [-0.39, 0.29) is 18.4 Å². The van der Waals surface area contributed by atoms with Gasteiger partial charge in [-0.25, -0.2) is 0 Å². The topological polar surface area (TPSA) is 67.9 Å². The number of carbonyl (C=O) groups excluding carboxylic acids is 2. The van der Waals surface area contributed by atoms with Gasteiger partial charge in [0, 0.05) is 13.1 Å². The van der Waals surface area contributed by atoms with Crippen molar-refractivity contribution in [1.29, 1.82) is 0 Å². The van der Waals surface area contributed by atoms with Crippen molar-refractivity contribution in [3.63, 3.8) is 0 Å². The van der Waals surface area contributed by atoms with Gasteiger partial charge < -0.3 is 19.7 Å². The Kier molecular flexibility index (Phi) is 9.38. The second-order valence-corrected chi connectivity index (χ2v) is 7.57. The van der Waals surface area contributed by atoms with Gasteiger partial charge in [-0.05, 0) is 61.6 Å². The molecule has 0 spiro atoms. The number of amides is 2. The number of nitrogens with zero attached hydrogens (tertiary/aromatic N) is 1. The van der Waals surface area contributed by atoms with E-state index in [2.05, 4.69) is 5.32 Å². The number of ether oxygens (including phenoxy) is 2. The Morgan fingerprint density at radius 1 is 1.06 bits per heavy atom. The number of hydrogen-bond acceptors (Lipinski definition) is 4. The van der Waals surface area contributed by atoms with Crippen LogP contribution in [-0.4, -0.2) is 43.0 Å². The van der Waals surface area contributed by atoms with Crippen LogP contribution >= 0.6 is 0 Å². The highest BCUT2D eigenvalue weighted by Crippen LogP contribution is 2.21. The maximum atomic E-state index is 13.2. The van der Waals surface area contributed by atoms with Gasteiger partial charge in [0.25, 0.3) is 5.91 Å². The van der Waals surface area contributed by atoms with Gasteiger partial charge in [-0.3, -0.25) is 9.59 Å². The summed E-state index contributed by atoms with van der Waals surface area (Å²) in [5.41, 5.74) is 3.03. The van der Waals surface area contributed by atoms with Crippen LogP contribution in [0.4, 0.5) is 0 Å². The highest BCUT2D eigenvalue weighted by molar-refractivity contribution is 5.88. The molecule has 0 saturated heterocycles. The first-order valence-corrected chi connectivity index (χ1v) is 10.8. The number of rotatable bonds is 11. The summed E-state index contributed by atoms with van der Waals surface area (Å²) >= 11 is 0. The van der Waals surface area contributed by atoms with Gasteiger partial charge >= 0.3 is 0 Å². The lowest BCUT2D eigenvalue weighted by Crippen LogP contribution is -2.50. The normalized spacial score (nSPS) is 11.5. The summed E-state index contributed by atoms with van der Waals surface area (Å²) in [7, 11) is 1.61. The van der Waals surface area contributed by atoms with Gasteiger partial charge in [-0.1, -0.05) is 38.1 Å². The summed E-state index contributed by atoms with van der Waals surface area (Å²) in [6.07, 6.45) is 1.35. The van der Waals surface area contributed by atoms with Gasteiger partial charge in [-0.15, -0.1) is 0 Å². The summed E-state index contributed by atoms with van der Waals surface area (Å²) in [4.78, 5) is 27.6. The fraction of sp³-hybridized carbons (Fsp3) is 0.440. The number of aryl methyl sites for hydroxylation is 1. The Labute approximate surface area is 185 Å². The van der Waals surface area contributed by atoms with E-state index in [0.29, 0.717) is 25.3 Å². The summed E-state index contributed by atoms with van der Waals surface area (Å²) in [5, 5.41) is 2.92. The highest BCUT2D eigenvalue weighted by Gasteiger charge is 2.28. The van der Waals surface area contributed by atoms with Crippen LogP contribution in [0.15, 0.2) is 42.5 Å². The lowest BCUT2D eigenvalue weighted by Gasteiger charge is -2.30. The van der Waals surface area contributed by atoms with Crippen molar-refractivity contribution in [3.8, 4) is 11.5 Å². The fourth-order valence-corrected chi connectivity index (χ4v) is 3.32. The number of carbonyl (C=O) groups is 2. The van der Waals surface area contributed by atoms with Gasteiger partial charge in [0.1, 0.15) is 17.5 Å². The molecular weight excluding hydrogens is 392 g/mol. The summed E-state index contributed by atoms with van der Waals surface area (Å²) in [5.74, 6) is 1.06. The molecular formula is C25H34N2O4. The van der Waals surface area contributed by atoms with Gasteiger partial charge in [-0.2, -0.15) is 0 Å². The Bertz CT molecular complexity index is 864. The van der Waals surface area contributed by atoms with E-state index >= 15 is 0 Å². The first-order valence-electron chi connectivity index (χ1n) is 10.8. The number of hydrogen-bond donors (Lipinski definition) is 1. The summed E-state index contributed by atoms with van der Waals surface area (Å²) in [6.45, 7) is 8.66. The molecule has 31 heavy (non-hydrogen) atoms. The lowest BCUT2D eigenvalue weighted by atomic mass is 10.1. The van der Waals surface area contributed by atoms with Crippen LogP contribution in [0.1, 0.15) is 43.4 Å². The van der Waals surface area contributed by atoms with Crippen LogP contribution < -0.4 is 14.8 Å². The first kappa shape index (κ1) is 24.3. The Morgan fingerprint density at radius 3 is 2.39 bits per heavy atom. The molecule has 0 aliphatic heterocycles. The van der Waals surface area contributed by atoms with E-state index in [1.165, 1.54) is 0 Å². The maximum Gasteiger partial charge on any atom is 0.261 e. The molecule has 2 amide bonds. The molecule has 0 saturated carbocycles. The lowest BCUT2D eigenvalue weighted by molar-refractivity contribution is -0.143. The third kappa shape index (κ3) is 6.74. The SMILES string of the molecule is CCCNC(=O)[C@@H](CC)N(Cc1ccc(OC)cc1)C(=O)COc1cccc(C)c1C. The minimum Gasteiger partial charge on any atom is -0.497 e. The van der Waals surface area contributed by atoms with Crippen LogP contribution in [-0.2, 0) is 16.1 Å². The van der Waals surface area contributed by atoms with Crippen molar-refractivity contribution in [2.75, 3.05) is 20.3 Å². The molecule has 6 heteroatoms. The zero-order valence-corrected chi connectivity index (χ0v) is 19.2. The zero-order chi connectivity index (χ0) is 22.8. The molecule has 0 aliphatic carbocycles. The molecule has 0 fully saturated rings. The average Bonchev–Trinajstić information content (AvgIpc) is 2.78. The minimum atomic E-state index is -0.566. The predicted molar refractivity (Wildman–Crippen MR) is 122 cm³/mol. The molecule has 2 rings (SSSR count). The third-order valence-electron chi connectivity index (χ3n) is 5.35. The second-order valence-electron chi connectivity index (χ2n) is 7.57. The fourth-order valence-electron chi connectivity index (χ4n) is 3.32. The Morgan fingerprint density at radius 2 is 1.77 bits per heavy atom. The van der Waals surface area contributed by atoms with E-state index in [4.69, 9.17) is 9.47 Å². The zero-order valence-electron chi connectivity index (χ0n) is 19.2. The van der Waals surface area contributed by atoms with Gasteiger partial charge in [0.05, 0.1) is 7.11 Å². The van der Waals surface area contributed by atoms with E-state index in [1.54, 1.807) is 12.0 Å². The predicted octanol–water partition coefficient (Wildman–Crippen LogP) is 4.02. The second kappa shape index (κ2) is 12.0. The molecule has 0 radical (unpaired) electrons. The van der Waals surface area contributed by atoms with Crippen molar-refractivity contribution in [3.05, 3.63) is 59.2 Å². The molecule has 2 aromatic carbocycles. The van der Waals surface area contributed by atoms with Crippen molar-refractivity contribution < 1.29 is 19.1 Å². The van der Waals surface area contributed by atoms with Crippen molar-refractivity contribution >= 4 is 11.8 Å². The summed E-state index contributed by atoms with van der Waals surface area (Å²) < 4.78 is 11.1. The summed E-state index contributed by atoms with van der Waals surface area (Å²) in [6, 6.07) is 12.7. The maximum absolute atomic E-state index is 13.2. The third-order valence-corrected chi connectivity index (χ3v) is 5.35. The monoisotopic (exact) mass is 426 g/mol. The van der Waals surface area contributed by atoms with Crippen LogP contribution in [0.3, 0.4) is 0 Å². The molecule has 1 atom stereocenters. The van der Waals surface area contributed by atoms with Crippen molar-refractivity contribution in [2.45, 2.75) is 53.1 Å². The van der Waals surface area contributed by atoms with Crippen molar-refractivity contribution in [1.82, 2.24) is 10.2 Å². The molecule has 168 valence electrons. The molecule has 2 aromatic rings. The quantitative estimate of drug-likeness (QED) is 0.589. The van der Waals surface area contributed by atoms with E-state index in [1.807, 2.05) is 70.2 Å². The molecule has 6 nitrogen and oxygen atoms in total. The molecule has 1 N–H and O–H groups in total. The van der Waals surface area contributed by atoms with E-state index < -0.39 is 6.04 Å². The first-order chi connectivity index (χ1) is 14.9. The largest absolute Gasteiger partial charge is 0.497 e. The van der Waals surface area contributed by atoms with E-state index in [9.17, 15) is 9.59 Å². The van der Waals surface area contributed by atoms with Crippen molar-refractivity contribution in [2.24, 2.45) is 0 Å².